The lowest BCUT2D eigenvalue weighted by Gasteiger charge is -2.24. The predicted molar refractivity (Wildman–Crippen MR) is 114 cm³/mol. The molecule has 0 fully saturated rings. The van der Waals surface area contributed by atoms with Crippen LogP contribution in [0.5, 0.6) is 0 Å². The average molecular weight is 383 g/mol. The molecule has 0 aliphatic carbocycles. The van der Waals surface area contributed by atoms with Crippen LogP contribution >= 0.6 is 0 Å². The van der Waals surface area contributed by atoms with Gasteiger partial charge in [0.15, 0.2) is 17.0 Å². The number of fused-ring (bicyclic) bond motifs is 1. The van der Waals surface area contributed by atoms with E-state index < -0.39 is 0 Å². The van der Waals surface area contributed by atoms with Gasteiger partial charge >= 0.3 is 0 Å². The van der Waals surface area contributed by atoms with E-state index in [-0.39, 0.29) is 18.7 Å². The van der Waals surface area contributed by atoms with Crippen LogP contribution in [0.4, 0.5) is 11.8 Å². The molecule has 0 saturated heterocycles. The molecule has 7 nitrogen and oxygen atoms in total. The molecule has 1 aromatic carbocycles. The first kappa shape index (κ1) is 20.1. The molecule has 0 spiro atoms. The average Bonchev–Trinajstić information content (AvgIpc) is 3.14. The van der Waals surface area contributed by atoms with Crippen LogP contribution in [0.25, 0.3) is 11.2 Å². The monoisotopic (exact) mass is 382 g/mol. The summed E-state index contributed by atoms with van der Waals surface area (Å²) in [7, 11) is 0. The molecule has 0 saturated carbocycles. The first-order valence-corrected chi connectivity index (χ1v) is 9.98. The van der Waals surface area contributed by atoms with Crippen molar-refractivity contribution in [3.63, 3.8) is 0 Å². The van der Waals surface area contributed by atoms with Gasteiger partial charge in [-0.2, -0.15) is 9.97 Å². The van der Waals surface area contributed by atoms with Crippen molar-refractivity contribution in [3.05, 3.63) is 42.2 Å². The van der Waals surface area contributed by atoms with Gasteiger partial charge in [0.05, 0.1) is 19.0 Å². The number of nitrogens with zero attached hydrogens (tertiary/aromatic N) is 5. The topological polar surface area (TPSA) is 79.1 Å². The van der Waals surface area contributed by atoms with E-state index in [1.54, 1.807) is 0 Å². The quantitative estimate of drug-likeness (QED) is 0.588. The van der Waals surface area contributed by atoms with E-state index in [0.717, 1.165) is 36.5 Å². The Hall–Kier alpha value is -2.67. The Morgan fingerprint density at radius 1 is 1.14 bits per heavy atom. The lowest BCUT2D eigenvalue weighted by molar-refractivity contribution is 0.271. The molecule has 2 aromatic heterocycles. The minimum absolute atomic E-state index is 0.0399. The van der Waals surface area contributed by atoms with Gasteiger partial charge in [-0.1, -0.05) is 37.3 Å². The smallest absolute Gasteiger partial charge is 0.227 e. The van der Waals surface area contributed by atoms with Crippen LogP contribution in [0, 0.1) is 0 Å². The molecular formula is C21H30N6O. The van der Waals surface area contributed by atoms with Crippen LogP contribution in [-0.2, 0) is 6.54 Å². The molecule has 7 heteroatoms. The number of anilines is 2. The van der Waals surface area contributed by atoms with E-state index >= 15 is 0 Å². The van der Waals surface area contributed by atoms with Crippen LogP contribution in [-0.4, -0.2) is 43.8 Å². The Labute approximate surface area is 166 Å². The molecule has 0 amide bonds. The highest BCUT2D eigenvalue weighted by Gasteiger charge is 2.20. The van der Waals surface area contributed by atoms with Crippen molar-refractivity contribution in [2.45, 2.75) is 52.7 Å². The summed E-state index contributed by atoms with van der Waals surface area (Å²) in [6, 6.07) is 10.5. The number of aliphatic hydroxyl groups is 1. The number of hydrogen-bond donors (Lipinski definition) is 2. The van der Waals surface area contributed by atoms with E-state index in [1.165, 1.54) is 5.56 Å². The second-order valence-corrected chi connectivity index (χ2v) is 7.22. The van der Waals surface area contributed by atoms with Crippen molar-refractivity contribution in [1.82, 2.24) is 19.5 Å². The zero-order valence-corrected chi connectivity index (χ0v) is 17.1. The summed E-state index contributed by atoms with van der Waals surface area (Å²) in [6.07, 6.45) is 2.62. The Morgan fingerprint density at radius 3 is 2.50 bits per heavy atom. The van der Waals surface area contributed by atoms with E-state index in [9.17, 15) is 5.11 Å². The molecule has 1 unspecified atom stereocenters. The summed E-state index contributed by atoms with van der Waals surface area (Å²) in [4.78, 5) is 16.4. The van der Waals surface area contributed by atoms with Crippen LogP contribution in [0.15, 0.2) is 36.7 Å². The summed E-state index contributed by atoms with van der Waals surface area (Å²) in [5.41, 5.74) is 2.83. The van der Waals surface area contributed by atoms with Crippen molar-refractivity contribution in [3.8, 4) is 0 Å². The highest BCUT2D eigenvalue weighted by atomic mass is 16.3. The predicted octanol–water partition coefficient (Wildman–Crippen LogP) is 3.62. The third kappa shape index (κ3) is 4.25. The van der Waals surface area contributed by atoms with Crippen LogP contribution in [0.1, 0.15) is 45.7 Å². The molecule has 2 N–H and O–H groups in total. The number of aliphatic hydroxyl groups excluding tert-OH is 1. The lowest BCUT2D eigenvalue weighted by atomic mass is 10.2. The highest BCUT2D eigenvalue weighted by molar-refractivity contribution is 5.85. The molecule has 150 valence electrons. The fourth-order valence-corrected chi connectivity index (χ4v) is 3.16. The Balaban J connectivity index is 2.07. The summed E-state index contributed by atoms with van der Waals surface area (Å²) < 4.78 is 2.06. The van der Waals surface area contributed by atoms with Gasteiger partial charge < -0.3 is 19.9 Å². The van der Waals surface area contributed by atoms with Crippen LogP contribution < -0.4 is 10.2 Å². The molecule has 0 radical (unpaired) electrons. The molecule has 28 heavy (non-hydrogen) atoms. The maximum Gasteiger partial charge on any atom is 0.227 e. The van der Waals surface area contributed by atoms with Gasteiger partial charge in [-0.3, -0.25) is 0 Å². The van der Waals surface area contributed by atoms with E-state index in [0.29, 0.717) is 5.95 Å². The first-order valence-electron chi connectivity index (χ1n) is 9.98. The Bertz CT molecular complexity index is 889. The summed E-state index contributed by atoms with van der Waals surface area (Å²) in [6.45, 7) is 9.95. The zero-order valence-electron chi connectivity index (χ0n) is 17.1. The molecule has 3 aromatic rings. The second kappa shape index (κ2) is 9.01. The molecule has 2 heterocycles. The SMILES string of the molecule is CCC(CO)Nc1nc(N(CC)Cc2ccccc2)c2ncn(C(C)C)c2n1. The molecule has 0 aliphatic heterocycles. The van der Waals surface area contributed by atoms with Crippen LogP contribution in [0.2, 0.25) is 0 Å². The number of rotatable bonds is 9. The van der Waals surface area contributed by atoms with Crippen molar-refractivity contribution in [2.24, 2.45) is 0 Å². The maximum atomic E-state index is 9.58. The van der Waals surface area contributed by atoms with E-state index in [1.807, 2.05) is 31.5 Å². The number of hydrogen-bond acceptors (Lipinski definition) is 6. The van der Waals surface area contributed by atoms with Crippen molar-refractivity contribution in [1.29, 1.82) is 0 Å². The number of imidazole rings is 1. The number of nitrogens with one attached hydrogen (secondary N) is 1. The Morgan fingerprint density at radius 2 is 1.89 bits per heavy atom. The standard InChI is InChI=1S/C21H30N6O/c1-5-17(13-28)23-21-24-19(18-20(25-21)27(14-22-18)15(3)4)26(6-2)12-16-10-8-7-9-11-16/h7-11,14-15,17,28H,5-6,12-13H2,1-4H3,(H,23,24,25). The van der Waals surface area contributed by atoms with Gasteiger partial charge in [0.25, 0.3) is 0 Å². The van der Waals surface area contributed by atoms with Crippen molar-refractivity contribution in [2.75, 3.05) is 23.4 Å². The second-order valence-electron chi connectivity index (χ2n) is 7.22. The molecule has 3 rings (SSSR count). The molecule has 0 bridgehead atoms. The van der Waals surface area contributed by atoms with E-state index in [2.05, 4.69) is 52.7 Å². The number of aromatic nitrogens is 4. The van der Waals surface area contributed by atoms with Gasteiger partial charge in [0.1, 0.15) is 0 Å². The summed E-state index contributed by atoms with van der Waals surface area (Å²) in [5, 5.41) is 12.8. The maximum absolute atomic E-state index is 9.58. The minimum atomic E-state index is -0.0788. The van der Waals surface area contributed by atoms with Crippen molar-refractivity contribution >= 4 is 22.9 Å². The first-order chi connectivity index (χ1) is 13.6. The van der Waals surface area contributed by atoms with Gasteiger partial charge in [0.2, 0.25) is 5.95 Å². The third-order valence-corrected chi connectivity index (χ3v) is 4.90. The third-order valence-electron chi connectivity index (χ3n) is 4.90. The van der Waals surface area contributed by atoms with Gasteiger partial charge in [-0.05, 0) is 32.8 Å². The lowest BCUT2D eigenvalue weighted by Crippen LogP contribution is -2.27. The highest BCUT2D eigenvalue weighted by Crippen LogP contribution is 2.27. The van der Waals surface area contributed by atoms with Gasteiger partial charge in [-0.25, -0.2) is 4.98 Å². The van der Waals surface area contributed by atoms with Gasteiger partial charge in [0, 0.05) is 19.1 Å². The normalized spacial score (nSPS) is 12.5. The van der Waals surface area contributed by atoms with Gasteiger partial charge in [-0.15, -0.1) is 0 Å². The molecule has 0 aliphatic rings. The fraction of sp³-hybridized carbons (Fsp3) is 0.476. The largest absolute Gasteiger partial charge is 0.394 e. The fourth-order valence-electron chi connectivity index (χ4n) is 3.16. The van der Waals surface area contributed by atoms with Crippen LogP contribution in [0.3, 0.4) is 0 Å². The zero-order chi connectivity index (χ0) is 20.1. The Kier molecular flexibility index (Phi) is 6.46. The van der Waals surface area contributed by atoms with Crippen molar-refractivity contribution < 1.29 is 5.11 Å². The molecule has 1 atom stereocenters. The number of benzene rings is 1. The molecular weight excluding hydrogens is 352 g/mol. The summed E-state index contributed by atoms with van der Waals surface area (Å²) in [5.74, 6) is 1.34. The van der Waals surface area contributed by atoms with E-state index in [4.69, 9.17) is 9.97 Å². The minimum Gasteiger partial charge on any atom is -0.394 e. The summed E-state index contributed by atoms with van der Waals surface area (Å²) >= 11 is 0.